The van der Waals surface area contributed by atoms with Crippen molar-refractivity contribution in [3.05, 3.63) is 23.3 Å². The van der Waals surface area contributed by atoms with Crippen LogP contribution in [0.25, 0.3) is 0 Å². The van der Waals surface area contributed by atoms with Gasteiger partial charge in [0.15, 0.2) is 0 Å². The van der Waals surface area contributed by atoms with E-state index < -0.39 is 0 Å². The molecule has 0 aromatic carbocycles. The topological polar surface area (TPSA) is 52.9 Å². The molecule has 29 heavy (non-hydrogen) atoms. The van der Waals surface area contributed by atoms with Gasteiger partial charge in [0.25, 0.3) is 0 Å². The first-order valence-electron chi connectivity index (χ1n) is 12.0. The summed E-state index contributed by atoms with van der Waals surface area (Å²) in [6.07, 6.45) is 12.4. The van der Waals surface area contributed by atoms with E-state index in [4.69, 9.17) is 4.74 Å². The third-order valence-electron chi connectivity index (χ3n) is 8.45. The molecule has 4 aliphatic rings. The molecule has 1 aliphatic heterocycles. The number of fused-ring (bicyclic) bond motifs is 1. The summed E-state index contributed by atoms with van der Waals surface area (Å²) in [4.78, 5) is 2.61. The molecule has 2 N–H and O–H groups in total. The second-order valence-corrected chi connectivity index (χ2v) is 10.5. The normalized spacial score (nSPS) is 41.4. The number of aliphatic hydroxyl groups is 2. The summed E-state index contributed by atoms with van der Waals surface area (Å²) in [7, 11) is 0. The highest BCUT2D eigenvalue weighted by Gasteiger charge is 2.50. The van der Waals surface area contributed by atoms with E-state index >= 15 is 0 Å². The molecule has 4 rings (SSSR count). The van der Waals surface area contributed by atoms with Crippen molar-refractivity contribution >= 4 is 0 Å². The van der Waals surface area contributed by atoms with E-state index in [2.05, 4.69) is 30.9 Å². The Labute approximate surface area is 177 Å². The highest BCUT2D eigenvalue weighted by Crippen LogP contribution is 2.59. The molecule has 1 saturated heterocycles. The first kappa shape index (κ1) is 21.5. The van der Waals surface area contributed by atoms with E-state index in [9.17, 15) is 10.2 Å². The average Bonchev–Trinajstić information content (AvgIpc) is 3.04. The molecule has 0 spiro atoms. The summed E-state index contributed by atoms with van der Waals surface area (Å²) in [6, 6.07) is 0. The lowest BCUT2D eigenvalue weighted by atomic mass is 9.61. The van der Waals surface area contributed by atoms with Crippen molar-refractivity contribution in [2.75, 3.05) is 32.8 Å². The van der Waals surface area contributed by atoms with Crippen molar-refractivity contribution < 1.29 is 14.9 Å². The molecular weight excluding hydrogens is 362 g/mol. The quantitative estimate of drug-likeness (QED) is 0.747. The van der Waals surface area contributed by atoms with Crippen molar-refractivity contribution in [1.82, 2.24) is 4.90 Å². The predicted molar refractivity (Wildman–Crippen MR) is 117 cm³/mol. The molecule has 0 amide bonds. The molecule has 0 aromatic rings. The smallest absolute Gasteiger partial charge is 0.0602 e. The molecule has 3 saturated carbocycles. The number of ether oxygens (including phenoxy) is 1. The Morgan fingerprint density at radius 1 is 1.14 bits per heavy atom. The molecular formula is C25H41NO3. The number of hydrogen-bond donors (Lipinski definition) is 2. The third kappa shape index (κ3) is 4.81. The van der Waals surface area contributed by atoms with Crippen LogP contribution in [-0.2, 0) is 4.74 Å². The molecule has 4 heteroatoms. The van der Waals surface area contributed by atoms with Crippen LogP contribution >= 0.6 is 0 Å². The van der Waals surface area contributed by atoms with Gasteiger partial charge >= 0.3 is 0 Å². The van der Waals surface area contributed by atoms with Gasteiger partial charge < -0.3 is 14.9 Å². The van der Waals surface area contributed by atoms with Crippen molar-refractivity contribution in [1.29, 1.82) is 0 Å². The Kier molecular flexibility index (Phi) is 6.85. The molecule has 164 valence electrons. The standard InChI is InChI=1S/C25H41NO3/c1-18(17-26-10-12-29-13-11-26)23-7-8-24-20(4-3-9-25(23,24)2)6-5-19-14-21(27)16-22(28)15-19/h5-6,18,21-24,27-28H,3-4,7-17H2,1-2H3/b20-6+/t18-,21-,22-,23-,24+,25-/m1/s1. The van der Waals surface area contributed by atoms with Gasteiger partial charge in [-0.15, -0.1) is 0 Å². The molecule has 4 nitrogen and oxygen atoms in total. The van der Waals surface area contributed by atoms with Gasteiger partial charge in [-0.25, -0.2) is 0 Å². The fraction of sp³-hybridized carbons (Fsp3) is 0.840. The molecule has 6 atom stereocenters. The maximum absolute atomic E-state index is 9.98. The van der Waals surface area contributed by atoms with Crippen molar-refractivity contribution in [2.24, 2.45) is 23.2 Å². The Bertz CT molecular complexity index is 612. The summed E-state index contributed by atoms with van der Waals surface area (Å²) in [5, 5.41) is 20.0. The molecule has 0 radical (unpaired) electrons. The summed E-state index contributed by atoms with van der Waals surface area (Å²) in [5.74, 6) is 2.26. The van der Waals surface area contributed by atoms with Gasteiger partial charge in [-0.2, -0.15) is 0 Å². The van der Waals surface area contributed by atoms with Gasteiger partial charge in [0, 0.05) is 19.6 Å². The van der Waals surface area contributed by atoms with E-state index in [0.29, 0.717) is 17.8 Å². The zero-order chi connectivity index (χ0) is 20.4. The van der Waals surface area contributed by atoms with Gasteiger partial charge in [-0.05, 0) is 74.5 Å². The number of allylic oxidation sites excluding steroid dienone is 3. The Morgan fingerprint density at radius 3 is 2.59 bits per heavy atom. The number of morpholine rings is 1. The van der Waals surface area contributed by atoms with Crippen LogP contribution in [0.5, 0.6) is 0 Å². The van der Waals surface area contributed by atoms with Crippen LogP contribution < -0.4 is 0 Å². The van der Waals surface area contributed by atoms with Crippen LogP contribution in [-0.4, -0.2) is 60.2 Å². The number of rotatable bonds is 4. The van der Waals surface area contributed by atoms with E-state index in [0.717, 1.165) is 51.0 Å². The zero-order valence-corrected chi connectivity index (χ0v) is 18.5. The van der Waals surface area contributed by atoms with E-state index in [-0.39, 0.29) is 12.2 Å². The molecule has 4 fully saturated rings. The first-order chi connectivity index (χ1) is 14.0. The second-order valence-electron chi connectivity index (χ2n) is 10.5. The first-order valence-corrected chi connectivity index (χ1v) is 12.0. The van der Waals surface area contributed by atoms with Gasteiger partial charge in [0.1, 0.15) is 0 Å². The molecule has 3 aliphatic carbocycles. The van der Waals surface area contributed by atoms with Gasteiger partial charge in [-0.1, -0.05) is 37.1 Å². The summed E-state index contributed by atoms with van der Waals surface area (Å²) in [5.41, 5.74) is 3.27. The van der Waals surface area contributed by atoms with E-state index in [1.165, 1.54) is 44.2 Å². The van der Waals surface area contributed by atoms with Gasteiger partial charge in [0.05, 0.1) is 25.4 Å². The third-order valence-corrected chi connectivity index (χ3v) is 8.45. The lowest BCUT2D eigenvalue weighted by molar-refractivity contribution is 0.0155. The van der Waals surface area contributed by atoms with Gasteiger partial charge in [0.2, 0.25) is 0 Å². The Morgan fingerprint density at radius 2 is 1.86 bits per heavy atom. The zero-order valence-electron chi connectivity index (χ0n) is 18.5. The van der Waals surface area contributed by atoms with Crippen LogP contribution in [0, 0.1) is 23.2 Å². The fourth-order valence-corrected chi connectivity index (χ4v) is 7.06. The highest BCUT2D eigenvalue weighted by molar-refractivity contribution is 5.26. The second kappa shape index (κ2) is 9.21. The van der Waals surface area contributed by atoms with Gasteiger partial charge in [-0.3, -0.25) is 4.90 Å². The lowest BCUT2D eigenvalue weighted by Crippen LogP contribution is -2.43. The summed E-state index contributed by atoms with van der Waals surface area (Å²) >= 11 is 0. The van der Waals surface area contributed by atoms with Crippen LogP contribution in [0.3, 0.4) is 0 Å². The minimum Gasteiger partial charge on any atom is -0.393 e. The monoisotopic (exact) mass is 403 g/mol. The van der Waals surface area contributed by atoms with Crippen LogP contribution in [0.15, 0.2) is 23.3 Å². The Balaban J connectivity index is 1.44. The molecule has 1 heterocycles. The van der Waals surface area contributed by atoms with E-state index in [1.807, 2.05) is 0 Å². The average molecular weight is 404 g/mol. The number of hydrogen-bond acceptors (Lipinski definition) is 4. The minimum absolute atomic E-state index is 0.378. The maximum Gasteiger partial charge on any atom is 0.0602 e. The fourth-order valence-electron chi connectivity index (χ4n) is 7.06. The highest BCUT2D eigenvalue weighted by atomic mass is 16.5. The van der Waals surface area contributed by atoms with Crippen LogP contribution in [0.2, 0.25) is 0 Å². The molecule has 0 bridgehead atoms. The molecule has 0 aromatic heterocycles. The summed E-state index contributed by atoms with van der Waals surface area (Å²) < 4.78 is 5.53. The minimum atomic E-state index is -0.378. The SMILES string of the molecule is C[C@H](CN1CCOCC1)[C@H]1CC[C@H]2/C(=C/C=C3C[C@@H](O)C[C@H](O)C3)CCC[C@]12C. The van der Waals surface area contributed by atoms with Crippen molar-refractivity contribution in [2.45, 2.75) is 77.4 Å². The van der Waals surface area contributed by atoms with Crippen LogP contribution in [0.4, 0.5) is 0 Å². The number of nitrogens with zero attached hydrogens (tertiary/aromatic N) is 1. The van der Waals surface area contributed by atoms with Crippen molar-refractivity contribution in [3.8, 4) is 0 Å². The van der Waals surface area contributed by atoms with Crippen molar-refractivity contribution in [3.63, 3.8) is 0 Å². The summed E-state index contributed by atoms with van der Waals surface area (Å²) in [6.45, 7) is 10.2. The lowest BCUT2D eigenvalue weighted by Gasteiger charge is -2.45. The maximum atomic E-state index is 9.98. The molecule has 0 unspecified atom stereocenters. The predicted octanol–water partition coefficient (Wildman–Crippen LogP) is 3.93. The number of aliphatic hydroxyl groups excluding tert-OH is 2. The largest absolute Gasteiger partial charge is 0.393 e. The van der Waals surface area contributed by atoms with E-state index in [1.54, 1.807) is 5.57 Å². The van der Waals surface area contributed by atoms with Crippen LogP contribution in [0.1, 0.15) is 65.2 Å². The Hall–Kier alpha value is -0.680.